The van der Waals surface area contributed by atoms with Crippen molar-refractivity contribution in [1.82, 2.24) is 19.9 Å². The second kappa shape index (κ2) is 7.53. The number of aliphatic hydroxyl groups excluding tert-OH is 1. The lowest BCUT2D eigenvalue weighted by atomic mass is 9.94. The number of fused-ring (bicyclic) bond motifs is 1. The van der Waals surface area contributed by atoms with Crippen LogP contribution in [0.3, 0.4) is 0 Å². The third-order valence-corrected chi connectivity index (χ3v) is 4.80. The summed E-state index contributed by atoms with van der Waals surface area (Å²) in [5.74, 6) is 2.61. The molecular formula is C18H26N6O3. The molecule has 0 aliphatic carbocycles. The highest BCUT2D eigenvalue weighted by Gasteiger charge is 2.33. The molecule has 0 radical (unpaired) electrons. The monoisotopic (exact) mass is 374 g/mol. The molecule has 1 aromatic heterocycles. The highest BCUT2D eigenvalue weighted by atomic mass is 16.5. The molecule has 0 saturated heterocycles. The SMILES string of the molecule is COc1ccc(OC)c2c1CN(C(C)c1nc(N)nc(N(C)C)n1)CC2O. The number of nitrogen functional groups attached to an aromatic ring is 1. The Balaban J connectivity index is 1.97. The number of aromatic nitrogens is 3. The molecule has 146 valence electrons. The average molecular weight is 374 g/mol. The third kappa shape index (κ3) is 3.60. The Morgan fingerprint density at radius 3 is 2.48 bits per heavy atom. The maximum absolute atomic E-state index is 10.8. The first-order chi connectivity index (χ1) is 12.8. The Morgan fingerprint density at radius 2 is 1.85 bits per heavy atom. The van der Waals surface area contributed by atoms with Gasteiger partial charge < -0.3 is 25.2 Å². The lowest BCUT2D eigenvalue weighted by molar-refractivity contribution is 0.0639. The van der Waals surface area contributed by atoms with Gasteiger partial charge in [-0.15, -0.1) is 0 Å². The molecule has 2 heterocycles. The Labute approximate surface area is 158 Å². The highest BCUT2D eigenvalue weighted by molar-refractivity contribution is 5.51. The topological polar surface area (TPSA) is 110 Å². The molecule has 27 heavy (non-hydrogen) atoms. The van der Waals surface area contributed by atoms with Crippen LogP contribution in [-0.2, 0) is 6.54 Å². The van der Waals surface area contributed by atoms with E-state index in [0.29, 0.717) is 36.4 Å². The van der Waals surface area contributed by atoms with Crippen LogP contribution in [0.25, 0.3) is 0 Å². The fourth-order valence-electron chi connectivity index (χ4n) is 3.34. The summed E-state index contributed by atoms with van der Waals surface area (Å²) in [6, 6.07) is 3.49. The average Bonchev–Trinajstić information content (AvgIpc) is 2.65. The van der Waals surface area contributed by atoms with Gasteiger partial charge in [0, 0.05) is 38.3 Å². The second-order valence-electron chi connectivity index (χ2n) is 6.73. The van der Waals surface area contributed by atoms with Crippen molar-refractivity contribution in [2.45, 2.75) is 25.6 Å². The molecular weight excluding hydrogens is 348 g/mol. The van der Waals surface area contributed by atoms with Crippen LogP contribution < -0.4 is 20.1 Å². The minimum atomic E-state index is -0.714. The molecule has 0 amide bonds. The number of methoxy groups -OCH3 is 2. The Bertz CT molecular complexity index is 829. The number of ether oxygens (including phenoxy) is 2. The molecule has 1 aliphatic rings. The van der Waals surface area contributed by atoms with Gasteiger partial charge in [0.1, 0.15) is 11.5 Å². The van der Waals surface area contributed by atoms with Gasteiger partial charge in [-0.05, 0) is 19.1 Å². The summed E-state index contributed by atoms with van der Waals surface area (Å²) in [7, 11) is 6.91. The zero-order chi connectivity index (χ0) is 19.7. The minimum Gasteiger partial charge on any atom is -0.496 e. The second-order valence-corrected chi connectivity index (χ2v) is 6.73. The van der Waals surface area contributed by atoms with Crippen molar-refractivity contribution in [1.29, 1.82) is 0 Å². The van der Waals surface area contributed by atoms with Crippen molar-refractivity contribution in [2.75, 3.05) is 45.5 Å². The van der Waals surface area contributed by atoms with E-state index < -0.39 is 6.10 Å². The molecule has 1 aromatic carbocycles. The van der Waals surface area contributed by atoms with Crippen LogP contribution in [0.4, 0.5) is 11.9 Å². The van der Waals surface area contributed by atoms with Crippen LogP contribution in [0.1, 0.15) is 36.0 Å². The molecule has 0 bridgehead atoms. The summed E-state index contributed by atoms with van der Waals surface area (Å²) in [6.45, 7) is 2.97. The number of nitrogens with two attached hydrogens (primary N) is 1. The Hall–Kier alpha value is -2.65. The summed E-state index contributed by atoms with van der Waals surface area (Å²) in [6.07, 6.45) is -0.714. The number of aliphatic hydroxyl groups is 1. The van der Waals surface area contributed by atoms with E-state index in [9.17, 15) is 5.11 Å². The molecule has 2 atom stereocenters. The maximum atomic E-state index is 10.8. The van der Waals surface area contributed by atoms with Gasteiger partial charge in [0.25, 0.3) is 0 Å². The Morgan fingerprint density at radius 1 is 1.19 bits per heavy atom. The zero-order valence-electron chi connectivity index (χ0n) is 16.3. The summed E-state index contributed by atoms with van der Waals surface area (Å²) in [5.41, 5.74) is 7.53. The molecule has 9 nitrogen and oxygen atoms in total. The number of benzene rings is 1. The first-order valence-electron chi connectivity index (χ1n) is 8.70. The summed E-state index contributed by atoms with van der Waals surface area (Å²) in [4.78, 5) is 16.8. The number of hydrogen-bond acceptors (Lipinski definition) is 9. The van der Waals surface area contributed by atoms with Gasteiger partial charge in [0.2, 0.25) is 11.9 Å². The van der Waals surface area contributed by atoms with E-state index in [1.54, 1.807) is 19.1 Å². The van der Waals surface area contributed by atoms with Gasteiger partial charge in [-0.25, -0.2) is 0 Å². The number of β-amino-alcohol motifs (C(OH)–C–C–N with tert-alkyl or cyclic N) is 1. The van der Waals surface area contributed by atoms with E-state index in [1.165, 1.54) is 0 Å². The van der Waals surface area contributed by atoms with Crippen LogP contribution >= 0.6 is 0 Å². The van der Waals surface area contributed by atoms with E-state index in [4.69, 9.17) is 15.2 Å². The number of rotatable bonds is 5. The number of nitrogens with zero attached hydrogens (tertiary/aromatic N) is 5. The lowest BCUT2D eigenvalue weighted by Gasteiger charge is -2.36. The normalized spacial score (nSPS) is 17.9. The van der Waals surface area contributed by atoms with Crippen LogP contribution in [0, 0.1) is 0 Å². The van der Waals surface area contributed by atoms with Crippen LogP contribution in [0.15, 0.2) is 12.1 Å². The molecule has 3 rings (SSSR count). The van der Waals surface area contributed by atoms with Crippen molar-refractivity contribution in [3.8, 4) is 11.5 Å². The van der Waals surface area contributed by atoms with Crippen molar-refractivity contribution in [2.24, 2.45) is 0 Å². The summed E-state index contributed by atoms with van der Waals surface area (Å²) >= 11 is 0. The van der Waals surface area contributed by atoms with Gasteiger partial charge in [-0.1, -0.05) is 0 Å². The third-order valence-electron chi connectivity index (χ3n) is 4.80. The van der Waals surface area contributed by atoms with Crippen molar-refractivity contribution >= 4 is 11.9 Å². The van der Waals surface area contributed by atoms with E-state index >= 15 is 0 Å². The molecule has 0 spiro atoms. The molecule has 3 N–H and O–H groups in total. The van der Waals surface area contributed by atoms with E-state index in [-0.39, 0.29) is 12.0 Å². The van der Waals surface area contributed by atoms with Crippen molar-refractivity contribution in [3.63, 3.8) is 0 Å². The molecule has 9 heteroatoms. The molecule has 0 fully saturated rings. The van der Waals surface area contributed by atoms with Gasteiger partial charge in [-0.2, -0.15) is 15.0 Å². The minimum absolute atomic E-state index is 0.173. The molecule has 1 aliphatic heterocycles. The van der Waals surface area contributed by atoms with E-state index in [1.807, 2.05) is 33.2 Å². The standard InChI is InChI=1S/C18H26N6O3/c1-10(16-20-17(19)22-18(21-16)23(2)3)24-8-11-13(26-4)6-7-14(27-5)15(11)12(25)9-24/h6-7,10,12,25H,8-9H2,1-5H3,(H2,19,20,21,22). The van der Waals surface area contributed by atoms with Crippen LogP contribution in [-0.4, -0.2) is 59.8 Å². The molecule has 0 saturated carbocycles. The first-order valence-corrected chi connectivity index (χ1v) is 8.70. The van der Waals surface area contributed by atoms with E-state index in [2.05, 4.69) is 19.9 Å². The maximum Gasteiger partial charge on any atom is 0.229 e. The van der Waals surface area contributed by atoms with Crippen LogP contribution in [0.2, 0.25) is 0 Å². The largest absolute Gasteiger partial charge is 0.496 e. The predicted octanol–water partition coefficient (Wildman–Crippen LogP) is 1.15. The fourth-order valence-corrected chi connectivity index (χ4v) is 3.34. The predicted molar refractivity (Wildman–Crippen MR) is 102 cm³/mol. The first kappa shape index (κ1) is 19.1. The number of hydrogen-bond donors (Lipinski definition) is 2. The van der Waals surface area contributed by atoms with Crippen molar-refractivity contribution in [3.05, 3.63) is 29.1 Å². The van der Waals surface area contributed by atoms with Gasteiger partial charge in [0.15, 0.2) is 5.82 Å². The molecule has 2 unspecified atom stereocenters. The lowest BCUT2D eigenvalue weighted by Crippen LogP contribution is -2.37. The highest BCUT2D eigenvalue weighted by Crippen LogP contribution is 2.41. The fraction of sp³-hybridized carbons (Fsp3) is 0.500. The summed E-state index contributed by atoms with van der Waals surface area (Å²) < 4.78 is 10.9. The van der Waals surface area contributed by atoms with Crippen molar-refractivity contribution < 1.29 is 14.6 Å². The van der Waals surface area contributed by atoms with Crippen LogP contribution in [0.5, 0.6) is 11.5 Å². The van der Waals surface area contributed by atoms with E-state index in [0.717, 1.165) is 11.1 Å². The zero-order valence-corrected chi connectivity index (χ0v) is 16.3. The van der Waals surface area contributed by atoms with Gasteiger partial charge in [0.05, 0.1) is 26.4 Å². The van der Waals surface area contributed by atoms with Gasteiger partial charge >= 0.3 is 0 Å². The summed E-state index contributed by atoms with van der Waals surface area (Å²) in [5, 5.41) is 10.8. The quantitative estimate of drug-likeness (QED) is 0.796. The molecule has 2 aromatic rings. The smallest absolute Gasteiger partial charge is 0.229 e. The Kier molecular flexibility index (Phi) is 5.33. The van der Waals surface area contributed by atoms with Gasteiger partial charge in [-0.3, -0.25) is 4.90 Å². The number of anilines is 2.